The summed E-state index contributed by atoms with van der Waals surface area (Å²) in [4.78, 5) is 18.4. The maximum absolute atomic E-state index is 12.5. The van der Waals surface area contributed by atoms with Crippen LogP contribution >= 0.6 is 0 Å². The second-order valence-electron chi connectivity index (χ2n) is 5.76. The van der Waals surface area contributed by atoms with Crippen molar-refractivity contribution < 1.29 is 9.53 Å². The van der Waals surface area contributed by atoms with Crippen molar-refractivity contribution in [3.63, 3.8) is 0 Å². The van der Waals surface area contributed by atoms with Crippen LogP contribution in [0.15, 0.2) is 24.5 Å². The van der Waals surface area contributed by atoms with Crippen LogP contribution in [0.1, 0.15) is 45.2 Å². The molecule has 5 nitrogen and oxygen atoms in total. The lowest BCUT2D eigenvalue weighted by atomic mass is 10.0. The fraction of sp³-hybridized carbons (Fsp3) is 0.625. The maximum atomic E-state index is 12.5. The Kier molecular flexibility index (Phi) is 5.17. The molecule has 2 atom stereocenters. The minimum atomic E-state index is -0.228. The Morgan fingerprint density at radius 1 is 1.48 bits per heavy atom. The molecule has 1 aromatic heterocycles. The topological polar surface area (TPSA) is 54.5 Å². The molecule has 2 unspecified atom stereocenters. The molecule has 0 aliphatic carbocycles. The van der Waals surface area contributed by atoms with Crippen molar-refractivity contribution in [3.05, 3.63) is 30.1 Å². The summed E-state index contributed by atoms with van der Waals surface area (Å²) in [6, 6.07) is 3.91. The molecule has 1 saturated heterocycles. The number of pyridine rings is 1. The van der Waals surface area contributed by atoms with E-state index in [-0.39, 0.29) is 17.7 Å². The van der Waals surface area contributed by atoms with E-state index in [2.05, 4.69) is 31.1 Å². The van der Waals surface area contributed by atoms with E-state index in [1.54, 1.807) is 12.4 Å². The van der Waals surface area contributed by atoms with Crippen LogP contribution in [0.4, 0.5) is 4.79 Å². The average molecular weight is 291 g/mol. The zero-order chi connectivity index (χ0) is 15.3. The van der Waals surface area contributed by atoms with E-state index >= 15 is 0 Å². The smallest absolute Gasteiger partial charge is 0.318 e. The van der Waals surface area contributed by atoms with Crippen molar-refractivity contribution in [1.82, 2.24) is 15.2 Å². The largest absolute Gasteiger partial charge is 0.372 e. The van der Waals surface area contributed by atoms with Crippen molar-refractivity contribution in [2.75, 3.05) is 19.7 Å². The average Bonchev–Trinajstić information content (AvgIpc) is 2.53. The van der Waals surface area contributed by atoms with Crippen molar-refractivity contribution >= 4 is 6.03 Å². The minimum Gasteiger partial charge on any atom is -0.372 e. The van der Waals surface area contributed by atoms with Gasteiger partial charge in [-0.25, -0.2) is 4.79 Å². The molecule has 0 aromatic carbocycles. The molecule has 5 heteroatoms. The van der Waals surface area contributed by atoms with Crippen molar-refractivity contribution in [2.24, 2.45) is 0 Å². The van der Waals surface area contributed by atoms with Gasteiger partial charge >= 0.3 is 6.03 Å². The lowest BCUT2D eigenvalue weighted by Gasteiger charge is -2.40. The number of ether oxygens (including phenoxy) is 1. The molecule has 0 radical (unpaired) electrons. The summed E-state index contributed by atoms with van der Waals surface area (Å²) in [5, 5.41) is 3.12. The molecule has 21 heavy (non-hydrogen) atoms. The van der Waals surface area contributed by atoms with Crippen LogP contribution in [0.25, 0.3) is 0 Å². The monoisotopic (exact) mass is 291 g/mol. The predicted octanol–water partition coefficient (Wildman–Crippen LogP) is 2.74. The first-order valence-corrected chi connectivity index (χ1v) is 7.67. The molecule has 2 heterocycles. The number of amides is 2. The molecule has 1 aliphatic rings. The zero-order valence-electron chi connectivity index (χ0n) is 13.1. The Labute approximate surface area is 126 Å². The number of carbonyl (C=O) groups is 1. The number of hydrogen-bond donors (Lipinski definition) is 1. The number of nitrogens with zero attached hydrogens (tertiary/aromatic N) is 2. The van der Waals surface area contributed by atoms with Gasteiger partial charge in [0, 0.05) is 18.9 Å². The molecule has 0 spiro atoms. The number of carbonyl (C=O) groups excluding carboxylic acids is 1. The molecule has 0 saturated carbocycles. The normalized spacial score (nSPS) is 23.7. The van der Waals surface area contributed by atoms with Gasteiger partial charge in [0.25, 0.3) is 0 Å². The van der Waals surface area contributed by atoms with Gasteiger partial charge in [0.05, 0.1) is 24.8 Å². The molecule has 1 aromatic rings. The van der Waals surface area contributed by atoms with Gasteiger partial charge in [0.15, 0.2) is 0 Å². The Bertz CT molecular complexity index is 466. The van der Waals surface area contributed by atoms with Gasteiger partial charge in [0.2, 0.25) is 0 Å². The highest BCUT2D eigenvalue weighted by Gasteiger charge is 2.33. The summed E-state index contributed by atoms with van der Waals surface area (Å²) < 4.78 is 5.78. The summed E-state index contributed by atoms with van der Waals surface area (Å²) in [6.45, 7) is 8.11. The van der Waals surface area contributed by atoms with E-state index in [1.165, 1.54) is 0 Å². The number of hydrogen-bond acceptors (Lipinski definition) is 3. The second-order valence-corrected chi connectivity index (χ2v) is 5.76. The van der Waals surface area contributed by atoms with E-state index in [9.17, 15) is 4.79 Å². The van der Waals surface area contributed by atoms with Crippen molar-refractivity contribution in [1.29, 1.82) is 0 Å². The van der Waals surface area contributed by atoms with Crippen LogP contribution in [0.5, 0.6) is 0 Å². The number of morpholine rings is 1. The molecule has 1 fully saturated rings. The number of urea groups is 1. The standard InChI is InChI=1S/C16H25N3O2/c1-4-14(13-6-8-17-9-7-13)18-15(20)19-10-11-21-16(3,5-2)12-19/h6-9,14H,4-5,10-12H2,1-3H3,(H,18,20). The van der Waals surface area contributed by atoms with E-state index in [1.807, 2.05) is 17.0 Å². The SMILES string of the molecule is CCC(NC(=O)N1CCOC(C)(CC)C1)c1ccncc1. The highest BCUT2D eigenvalue weighted by molar-refractivity contribution is 5.75. The maximum Gasteiger partial charge on any atom is 0.318 e. The molecular weight excluding hydrogens is 266 g/mol. The lowest BCUT2D eigenvalue weighted by molar-refractivity contribution is -0.0874. The molecule has 2 rings (SSSR count). The third kappa shape index (κ3) is 3.94. The van der Waals surface area contributed by atoms with Crippen molar-refractivity contribution in [3.8, 4) is 0 Å². The van der Waals surface area contributed by atoms with Gasteiger partial charge in [0.1, 0.15) is 0 Å². The second kappa shape index (κ2) is 6.89. The van der Waals surface area contributed by atoms with Crippen LogP contribution in [0.3, 0.4) is 0 Å². The fourth-order valence-electron chi connectivity index (χ4n) is 2.58. The van der Waals surface area contributed by atoms with Crippen LogP contribution in [0.2, 0.25) is 0 Å². The van der Waals surface area contributed by atoms with E-state index in [0.29, 0.717) is 19.7 Å². The van der Waals surface area contributed by atoms with Gasteiger partial charge < -0.3 is 15.0 Å². The van der Waals surface area contributed by atoms with Crippen LogP contribution in [0, 0.1) is 0 Å². The van der Waals surface area contributed by atoms with Crippen LogP contribution in [-0.4, -0.2) is 41.2 Å². The first kappa shape index (κ1) is 15.8. The van der Waals surface area contributed by atoms with Gasteiger partial charge in [-0.2, -0.15) is 0 Å². The first-order chi connectivity index (χ1) is 10.1. The highest BCUT2D eigenvalue weighted by atomic mass is 16.5. The zero-order valence-corrected chi connectivity index (χ0v) is 13.1. The number of rotatable bonds is 4. The summed E-state index contributed by atoms with van der Waals surface area (Å²) in [5.74, 6) is 0. The van der Waals surface area contributed by atoms with Crippen LogP contribution < -0.4 is 5.32 Å². The highest BCUT2D eigenvalue weighted by Crippen LogP contribution is 2.22. The van der Waals surface area contributed by atoms with Crippen LogP contribution in [-0.2, 0) is 4.74 Å². The van der Waals surface area contributed by atoms with Gasteiger partial charge in [-0.3, -0.25) is 4.98 Å². The Hall–Kier alpha value is -1.62. The first-order valence-electron chi connectivity index (χ1n) is 7.67. The molecule has 0 bridgehead atoms. The number of aromatic nitrogens is 1. The summed E-state index contributed by atoms with van der Waals surface area (Å²) in [7, 11) is 0. The quantitative estimate of drug-likeness (QED) is 0.928. The third-order valence-corrected chi connectivity index (χ3v) is 4.19. The Morgan fingerprint density at radius 2 is 2.19 bits per heavy atom. The predicted molar refractivity (Wildman–Crippen MR) is 82.0 cm³/mol. The lowest BCUT2D eigenvalue weighted by Crippen LogP contribution is -2.54. The molecule has 1 N–H and O–H groups in total. The van der Waals surface area contributed by atoms with E-state index < -0.39 is 0 Å². The van der Waals surface area contributed by atoms with Gasteiger partial charge in [-0.1, -0.05) is 13.8 Å². The Balaban J connectivity index is 2.00. The van der Waals surface area contributed by atoms with Crippen molar-refractivity contribution in [2.45, 2.75) is 45.3 Å². The van der Waals surface area contributed by atoms with E-state index in [4.69, 9.17) is 4.74 Å². The Morgan fingerprint density at radius 3 is 2.81 bits per heavy atom. The minimum absolute atomic E-state index is 0.0124. The summed E-state index contributed by atoms with van der Waals surface area (Å²) in [6.07, 6.45) is 5.27. The molecule has 116 valence electrons. The van der Waals surface area contributed by atoms with Gasteiger partial charge in [-0.15, -0.1) is 0 Å². The summed E-state index contributed by atoms with van der Waals surface area (Å²) in [5.41, 5.74) is 0.862. The molecule has 2 amide bonds. The fourth-order valence-corrected chi connectivity index (χ4v) is 2.58. The summed E-state index contributed by atoms with van der Waals surface area (Å²) >= 11 is 0. The van der Waals surface area contributed by atoms with Gasteiger partial charge in [-0.05, 0) is 37.5 Å². The molecular formula is C16H25N3O2. The number of nitrogens with one attached hydrogen (secondary N) is 1. The third-order valence-electron chi connectivity index (χ3n) is 4.19. The molecule has 1 aliphatic heterocycles. The van der Waals surface area contributed by atoms with E-state index in [0.717, 1.165) is 18.4 Å².